The minimum absolute atomic E-state index is 0.875. The molecule has 20 heavy (non-hydrogen) atoms. The van der Waals surface area contributed by atoms with Gasteiger partial charge in [0.1, 0.15) is 0 Å². The van der Waals surface area contributed by atoms with Crippen molar-refractivity contribution in [3.63, 3.8) is 0 Å². The summed E-state index contributed by atoms with van der Waals surface area (Å²) >= 11 is 1.60. The number of pyridine rings is 1. The molecule has 0 aliphatic carbocycles. The molecule has 1 aliphatic rings. The van der Waals surface area contributed by atoms with E-state index in [0.717, 1.165) is 31.2 Å². The van der Waals surface area contributed by atoms with E-state index in [1.54, 1.807) is 11.8 Å². The molecule has 3 rings (SSSR count). The number of aryl methyl sites for hydroxylation is 1. The summed E-state index contributed by atoms with van der Waals surface area (Å²) in [4.78, 5) is 15.7. The molecular weight excluding hydrogens is 268 g/mol. The number of hydrogen-bond acceptors (Lipinski definition) is 5. The number of rotatable bonds is 3. The van der Waals surface area contributed by atoms with E-state index in [0.29, 0.717) is 0 Å². The zero-order chi connectivity index (χ0) is 13.9. The van der Waals surface area contributed by atoms with Gasteiger partial charge in [0.2, 0.25) is 0 Å². The van der Waals surface area contributed by atoms with Gasteiger partial charge in [-0.3, -0.25) is 9.88 Å². The number of fused-ring (bicyclic) bond motifs is 1. The lowest BCUT2D eigenvalue weighted by atomic mass is 10.1. The van der Waals surface area contributed by atoms with Crippen LogP contribution in [0.2, 0.25) is 0 Å². The Morgan fingerprint density at radius 3 is 3.00 bits per heavy atom. The van der Waals surface area contributed by atoms with Crippen molar-refractivity contribution >= 4 is 11.8 Å². The molecule has 0 bridgehead atoms. The van der Waals surface area contributed by atoms with E-state index >= 15 is 0 Å². The number of thioether (sulfide) groups is 1. The number of hydrogen-bond donors (Lipinski definition) is 0. The van der Waals surface area contributed by atoms with Gasteiger partial charge in [-0.25, -0.2) is 9.97 Å². The first-order valence-electron chi connectivity index (χ1n) is 6.76. The van der Waals surface area contributed by atoms with Gasteiger partial charge in [-0.15, -0.1) is 0 Å². The van der Waals surface area contributed by atoms with E-state index in [4.69, 9.17) is 0 Å². The molecule has 0 amide bonds. The maximum Gasteiger partial charge on any atom is 0.187 e. The van der Waals surface area contributed by atoms with Gasteiger partial charge in [0, 0.05) is 50.2 Å². The summed E-state index contributed by atoms with van der Waals surface area (Å²) < 4.78 is 0. The van der Waals surface area contributed by atoms with Crippen molar-refractivity contribution in [2.75, 3.05) is 12.8 Å². The van der Waals surface area contributed by atoms with Crippen LogP contribution < -0.4 is 0 Å². The summed E-state index contributed by atoms with van der Waals surface area (Å²) in [5.41, 5.74) is 4.96. The molecular formula is C15H18N4S. The highest BCUT2D eigenvalue weighted by atomic mass is 32.2. The van der Waals surface area contributed by atoms with Crippen molar-refractivity contribution < 1.29 is 0 Å². The second kappa shape index (κ2) is 5.89. The van der Waals surface area contributed by atoms with Crippen molar-refractivity contribution in [3.05, 3.63) is 47.0 Å². The van der Waals surface area contributed by atoms with Crippen molar-refractivity contribution in [2.45, 2.75) is 31.6 Å². The van der Waals surface area contributed by atoms with Gasteiger partial charge in [-0.1, -0.05) is 17.8 Å². The lowest BCUT2D eigenvalue weighted by Crippen LogP contribution is -2.31. The summed E-state index contributed by atoms with van der Waals surface area (Å²) in [6, 6.07) is 2.20. The zero-order valence-corrected chi connectivity index (χ0v) is 12.7. The summed E-state index contributed by atoms with van der Waals surface area (Å²) in [6.45, 7) is 5.00. The second-order valence-corrected chi connectivity index (χ2v) is 5.93. The number of aromatic nitrogens is 3. The lowest BCUT2D eigenvalue weighted by Gasteiger charge is -2.27. The van der Waals surface area contributed by atoms with Gasteiger partial charge in [-0.2, -0.15) is 0 Å². The molecule has 0 saturated carbocycles. The van der Waals surface area contributed by atoms with Crippen molar-refractivity contribution in [1.82, 2.24) is 19.9 Å². The van der Waals surface area contributed by atoms with Gasteiger partial charge in [0.05, 0.1) is 5.69 Å². The fourth-order valence-corrected chi connectivity index (χ4v) is 2.91. The molecule has 0 atom stereocenters. The number of nitrogens with zero attached hydrogens (tertiary/aromatic N) is 4. The van der Waals surface area contributed by atoms with Crippen LogP contribution in [0.15, 0.2) is 29.8 Å². The van der Waals surface area contributed by atoms with Crippen LogP contribution in [0.4, 0.5) is 0 Å². The second-order valence-electron chi connectivity index (χ2n) is 5.16. The third-order valence-electron chi connectivity index (χ3n) is 3.51. The minimum atomic E-state index is 0.875. The topological polar surface area (TPSA) is 41.9 Å². The first-order valence-corrected chi connectivity index (χ1v) is 7.99. The maximum absolute atomic E-state index is 4.60. The normalized spacial score (nSPS) is 15.1. The van der Waals surface area contributed by atoms with Crippen LogP contribution in [0.1, 0.15) is 22.4 Å². The van der Waals surface area contributed by atoms with Crippen LogP contribution >= 0.6 is 11.8 Å². The lowest BCUT2D eigenvalue weighted by molar-refractivity contribution is 0.242. The summed E-state index contributed by atoms with van der Waals surface area (Å²) in [5, 5.41) is 0.875. The monoisotopic (exact) mass is 286 g/mol. The van der Waals surface area contributed by atoms with Crippen molar-refractivity contribution in [1.29, 1.82) is 0 Å². The SMILES string of the molecule is CSc1ncc2c(n1)CCN(Cc1cncc(C)c1)C2. The standard InChI is InChI=1S/C15H18N4S/c1-11-5-12(7-16-6-11)9-19-4-3-14-13(10-19)8-17-15(18-14)20-2/h5-8H,3-4,9-10H2,1-2H3. The summed E-state index contributed by atoms with van der Waals surface area (Å²) in [6.07, 6.45) is 8.85. The minimum Gasteiger partial charge on any atom is -0.294 e. The molecule has 0 radical (unpaired) electrons. The van der Waals surface area contributed by atoms with E-state index in [-0.39, 0.29) is 0 Å². The van der Waals surface area contributed by atoms with Crippen LogP contribution in [-0.2, 0) is 19.5 Å². The highest BCUT2D eigenvalue weighted by Crippen LogP contribution is 2.20. The molecule has 2 aromatic rings. The third kappa shape index (κ3) is 2.99. The molecule has 0 spiro atoms. The van der Waals surface area contributed by atoms with E-state index in [2.05, 4.69) is 32.8 Å². The van der Waals surface area contributed by atoms with Crippen LogP contribution in [-0.4, -0.2) is 32.7 Å². The Morgan fingerprint density at radius 2 is 2.20 bits per heavy atom. The highest BCUT2D eigenvalue weighted by molar-refractivity contribution is 7.98. The smallest absolute Gasteiger partial charge is 0.187 e. The van der Waals surface area contributed by atoms with Gasteiger partial charge < -0.3 is 0 Å². The third-order valence-corrected chi connectivity index (χ3v) is 4.07. The van der Waals surface area contributed by atoms with Gasteiger partial charge >= 0.3 is 0 Å². The van der Waals surface area contributed by atoms with E-state index in [1.165, 1.54) is 22.4 Å². The predicted octanol–water partition coefficient (Wildman–Crippen LogP) is 2.46. The Balaban J connectivity index is 1.72. The van der Waals surface area contributed by atoms with Gasteiger partial charge in [-0.05, 0) is 24.3 Å². The largest absolute Gasteiger partial charge is 0.294 e. The fraction of sp³-hybridized carbons (Fsp3) is 0.400. The maximum atomic E-state index is 4.60. The summed E-state index contributed by atoms with van der Waals surface area (Å²) in [7, 11) is 0. The summed E-state index contributed by atoms with van der Waals surface area (Å²) in [5.74, 6) is 0. The van der Waals surface area contributed by atoms with Gasteiger partial charge in [0.15, 0.2) is 5.16 Å². The Morgan fingerprint density at radius 1 is 1.30 bits per heavy atom. The van der Waals surface area contributed by atoms with Crippen molar-refractivity contribution in [3.8, 4) is 0 Å². The molecule has 0 N–H and O–H groups in total. The molecule has 1 aliphatic heterocycles. The first kappa shape index (κ1) is 13.5. The molecule has 0 aromatic carbocycles. The molecule has 2 aromatic heterocycles. The van der Waals surface area contributed by atoms with Crippen LogP contribution in [0.3, 0.4) is 0 Å². The average Bonchev–Trinajstić information content (AvgIpc) is 2.47. The highest BCUT2D eigenvalue weighted by Gasteiger charge is 2.18. The molecule has 0 unspecified atom stereocenters. The van der Waals surface area contributed by atoms with E-state index in [9.17, 15) is 0 Å². The van der Waals surface area contributed by atoms with Crippen LogP contribution in [0, 0.1) is 6.92 Å². The molecule has 4 nitrogen and oxygen atoms in total. The van der Waals surface area contributed by atoms with Crippen LogP contribution in [0.5, 0.6) is 0 Å². The Labute approximate surface area is 123 Å². The Hall–Kier alpha value is -1.46. The fourth-order valence-electron chi connectivity index (χ4n) is 2.55. The molecule has 104 valence electrons. The Bertz CT molecular complexity index is 615. The molecule has 0 saturated heterocycles. The Kier molecular flexibility index (Phi) is 3.98. The van der Waals surface area contributed by atoms with E-state index in [1.807, 2.05) is 24.8 Å². The molecule has 5 heteroatoms. The quantitative estimate of drug-likeness (QED) is 0.640. The van der Waals surface area contributed by atoms with Crippen molar-refractivity contribution in [2.24, 2.45) is 0 Å². The zero-order valence-electron chi connectivity index (χ0n) is 11.8. The predicted molar refractivity (Wildman–Crippen MR) is 80.6 cm³/mol. The first-order chi connectivity index (χ1) is 9.74. The van der Waals surface area contributed by atoms with E-state index < -0.39 is 0 Å². The average molecular weight is 286 g/mol. The van der Waals surface area contributed by atoms with Crippen LogP contribution in [0.25, 0.3) is 0 Å². The molecule has 0 fully saturated rings. The van der Waals surface area contributed by atoms with Gasteiger partial charge in [0.25, 0.3) is 0 Å². The molecule has 3 heterocycles.